The minimum absolute atomic E-state index is 0. The second-order valence-corrected chi connectivity index (χ2v) is 1.72. The van der Waals surface area contributed by atoms with Crippen molar-refractivity contribution in [3.05, 3.63) is 0 Å². The van der Waals surface area contributed by atoms with Gasteiger partial charge in [-0.05, 0) is 0 Å². The summed E-state index contributed by atoms with van der Waals surface area (Å²) in [7, 11) is 0. The number of carbonyl (C=O) groups excluding carboxylic acids is 6. The number of rotatable bonds is 0. The Bertz CT molecular complexity index is 281. The Hall–Kier alpha value is -2.01. The Morgan fingerprint density at radius 2 is 0.400 bits per heavy atom. The van der Waals surface area contributed by atoms with E-state index in [0.717, 1.165) is 0 Å². The van der Waals surface area contributed by atoms with Gasteiger partial charge in [-0.15, -0.1) is 0 Å². The summed E-state index contributed by atoms with van der Waals surface area (Å²) in [5.41, 5.74) is 0. The molecule has 0 N–H and O–H groups in total. The Morgan fingerprint density at radius 3 is 0.400 bits per heavy atom. The van der Waals surface area contributed by atoms with Crippen molar-refractivity contribution in [1.29, 1.82) is 0 Å². The molecule has 0 aromatic carbocycles. The number of aliphatic carboxylic acids is 6. The summed E-state index contributed by atoms with van der Waals surface area (Å²) in [6.45, 7) is 0. The molecule has 2 radical (unpaired) electrons. The number of carbonyl (C=O) groups is 6. The maximum absolute atomic E-state index is 8.93. The summed E-state index contributed by atoms with van der Waals surface area (Å²) in [5.74, 6) is -13.1. The van der Waals surface area contributed by atoms with Crippen LogP contribution in [-0.4, -0.2) is 35.8 Å². The van der Waals surface area contributed by atoms with E-state index in [0.29, 0.717) is 0 Å². The van der Waals surface area contributed by atoms with E-state index in [-0.39, 0.29) is 37.1 Å². The molecular formula is C6O12V2-6. The fourth-order valence-corrected chi connectivity index (χ4v) is 0. The summed E-state index contributed by atoms with van der Waals surface area (Å²) >= 11 is 0. The van der Waals surface area contributed by atoms with Gasteiger partial charge in [0.1, 0.15) is 0 Å². The first-order valence-corrected chi connectivity index (χ1v) is 3.20. The molecule has 0 saturated carbocycles. The van der Waals surface area contributed by atoms with Crippen LogP contribution in [-0.2, 0) is 65.9 Å². The van der Waals surface area contributed by atoms with Crippen molar-refractivity contribution in [3.8, 4) is 0 Å². The van der Waals surface area contributed by atoms with Crippen LogP contribution in [0.25, 0.3) is 0 Å². The first-order valence-electron chi connectivity index (χ1n) is 3.20. The van der Waals surface area contributed by atoms with Crippen molar-refractivity contribution in [2.24, 2.45) is 0 Å². The van der Waals surface area contributed by atoms with Gasteiger partial charge in [0, 0.05) is 37.1 Å². The maximum atomic E-state index is 8.93. The molecule has 0 aliphatic carbocycles. The molecule has 0 aliphatic heterocycles. The van der Waals surface area contributed by atoms with Crippen LogP contribution in [0.15, 0.2) is 0 Å². The van der Waals surface area contributed by atoms with Crippen molar-refractivity contribution in [1.82, 2.24) is 0 Å². The zero-order valence-electron chi connectivity index (χ0n) is 8.79. The zero-order valence-corrected chi connectivity index (χ0v) is 11.6. The van der Waals surface area contributed by atoms with Gasteiger partial charge in [0.15, 0.2) is 0 Å². The van der Waals surface area contributed by atoms with Gasteiger partial charge in [-0.3, -0.25) is 0 Å². The standard InChI is InChI=1S/3C2H2O4.2V/c3*3-1(4)2(5)6;;/h3*(H,3,4)(H,5,6);;/p-6. The smallest absolute Gasteiger partial charge is 0.0870 e. The molecule has 0 amide bonds. The number of hydrogen-bond donors (Lipinski definition) is 0. The fraction of sp³-hybridized carbons (Fsp3) is 0. The topological polar surface area (TPSA) is 241 Å². The predicted octanol–water partition coefficient (Wildman–Crippen LogP) is -10.5. The second-order valence-electron chi connectivity index (χ2n) is 1.72. The molecule has 0 fully saturated rings. The number of carboxylic acids is 6. The van der Waals surface area contributed by atoms with Crippen LogP contribution >= 0.6 is 0 Å². The third kappa shape index (κ3) is 36.0. The molecular weight excluding hydrogens is 366 g/mol. The van der Waals surface area contributed by atoms with Gasteiger partial charge < -0.3 is 59.4 Å². The van der Waals surface area contributed by atoms with Crippen LogP contribution in [0.5, 0.6) is 0 Å². The van der Waals surface area contributed by atoms with Crippen LogP contribution in [0.3, 0.4) is 0 Å². The fourth-order valence-electron chi connectivity index (χ4n) is 0. The average molecular weight is 366 g/mol. The van der Waals surface area contributed by atoms with Crippen molar-refractivity contribution >= 4 is 35.8 Å². The SMILES string of the molecule is O=C([O-])C(=O)[O-].O=C([O-])C(=O)[O-].O=C([O-])C(=O)[O-].[V].[V]. The molecule has 0 atom stereocenters. The normalized spacial score (nSPS) is 6.60. The molecule has 0 aliphatic rings. The monoisotopic (exact) mass is 366 g/mol. The third-order valence-electron chi connectivity index (χ3n) is 0.500. The Balaban J connectivity index is -0.0000000536. The minimum Gasteiger partial charge on any atom is -0.543 e. The quantitative estimate of drug-likeness (QED) is 0.363. The second kappa shape index (κ2) is 17.0. The van der Waals surface area contributed by atoms with Gasteiger partial charge in [0.05, 0.1) is 35.8 Å². The molecule has 0 spiro atoms. The van der Waals surface area contributed by atoms with E-state index in [9.17, 15) is 0 Å². The predicted molar refractivity (Wildman–Crippen MR) is 30.0 cm³/mol. The molecule has 12 nitrogen and oxygen atoms in total. The van der Waals surface area contributed by atoms with E-state index in [1.165, 1.54) is 0 Å². The minimum atomic E-state index is -2.19. The van der Waals surface area contributed by atoms with Crippen molar-refractivity contribution in [2.75, 3.05) is 0 Å². The van der Waals surface area contributed by atoms with Crippen molar-refractivity contribution in [2.45, 2.75) is 0 Å². The Morgan fingerprint density at radius 1 is 0.350 bits per heavy atom. The first kappa shape index (κ1) is 30.8. The van der Waals surface area contributed by atoms with Crippen LogP contribution in [0.4, 0.5) is 0 Å². The van der Waals surface area contributed by atoms with E-state index in [1.807, 2.05) is 0 Å². The van der Waals surface area contributed by atoms with Crippen LogP contribution < -0.4 is 30.6 Å². The summed E-state index contributed by atoms with van der Waals surface area (Å²) in [6, 6.07) is 0. The molecule has 0 aromatic heterocycles. The summed E-state index contributed by atoms with van der Waals surface area (Å²) in [4.78, 5) is 53.6. The summed E-state index contributed by atoms with van der Waals surface area (Å²) in [6.07, 6.45) is 0. The van der Waals surface area contributed by atoms with Gasteiger partial charge >= 0.3 is 0 Å². The largest absolute Gasteiger partial charge is 0.543 e. The molecule has 112 valence electrons. The van der Waals surface area contributed by atoms with E-state index >= 15 is 0 Å². The molecule has 0 bridgehead atoms. The first-order chi connectivity index (χ1) is 7.93. The average Bonchev–Trinajstić information content (AvgIpc) is 2.18. The van der Waals surface area contributed by atoms with Gasteiger partial charge in [0.25, 0.3) is 0 Å². The molecule has 20 heavy (non-hydrogen) atoms. The van der Waals surface area contributed by atoms with Gasteiger partial charge in [-0.25, -0.2) is 0 Å². The molecule has 0 heterocycles. The molecule has 14 heteroatoms. The number of hydrogen-bond acceptors (Lipinski definition) is 12. The van der Waals surface area contributed by atoms with E-state index in [2.05, 4.69) is 0 Å². The molecule has 0 unspecified atom stereocenters. The third-order valence-corrected chi connectivity index (χ3v) is 0.500. The van der Waals surface area contributed by atoms with E-state index in [4.69, 9.17) is 59.4 Å². The van der Waals surface area contributed by atoms with Gasteiger partial charge in [-0.1, -0.05) is 0 Å². The maximum Gasteiger partial charge on any atom is 0.0870 e. The van der Waals surface area contributed by atoms with Gasteiger partial charge in [0.2, 0.25) is 0 Å². The van der Waals surface area contributed by atoms with Crippen LogP contribution in [0, 0.1) is 0 Å². The molecule has 0 rings (SSSR count). The molecule has 0 saturated heterocycles. The Kier molecular flexibility index (Phi) is 26.1. The van der Waals surface area contributed by atoms with Crippen molar-refractivity contribution in [3.63, 3.8) is 0 Å². The van der Waals surface area contributed by atoms with Crippen LogP contribution in [0.2, 0.25) is 0 Å². The zero-order chi connectivity index (χ0) is 15.5. The summed E-state index contributed by atoms with van der Waals surface area (Å²) in [5, 5.41) is 53.6. The Labute approximate surface area is 132 Å². The van der Waals surface area contributed by atoms with E-state index < -0.39 is 35.8 Å². The molecule has 0 aromatic rings. The summed E-state index contributed by atoms with van der Waals surface area (Å²) < 4.78 is 0. The van der Waals surface area contributed by atoms with Crippen LogP contribution in [0.1, 0.15) is 0 Å². The van der Waals surface area contributed by atoms with Gasteiger partial charge in [-0.2, -0.15) is 0 Å². The van der Waals surface area contributed by atoms with Crippen molar-refractivity contribution < 1.29 is 96.5 Å². The number of carboxylic acid groups (broad SMARTS) is 6. The van der Waals surface area contributed by atoms with E-state index in [1.54, 1.807) is 0 Å².